The number of aromatic nitrogens is 6. The number of rotatable bonds is 7. The first kappa shape index (κ1) is 20.6. The van der Waals surface area contributed by atoms with Crippen LogP contribution in [0.25, 0.3) is 11.2 Å². The molecule has 1 aliphatic rings. The van der Waals surface area contributed by atoms with Crippen LogP contribution in [0, 0.1) is 0 Å². The summed E-state index contributed by atoms with van der Waals surface area (Å²) >= 11 is 0. The van der Waals surface area contributed by atoms with Crippen LogP contribution in [0.1, 0.15) is 16.1 Å². The third-order valence-corrected chi connectivity index (χ3v) is 5.08. The van der Waals surface area contributed by atoms with Crippen molar-refractivity contribution in [1.29, 1.82) is 0 Å². The average Bonchev–Trinajstić information content (AvgIpc) is 3.28. The molecule has 1 N–H and O–H groups in total. The van der Waals surface area contributed by atoms with Crippen molar-refractivity contribution in [2.75, 3.05) is 36.6 Å². The summed E-state index contributed by atoms with van der Waals surface area (Å²) in [7, 11) is 0. The standard InChI is InChI=1S/C22H21N9O2/c32-18(17-5-1-2-7-24-17)14-31-15-25-19-20(29-26-13-16-4-3-6-23-12-16)27-22(28-21(19)31)30-8-10-33-11-9-30/h1-7,12-13,15H,8-11,14H2,(H,27,28,29)/b26-13+. The molecule has 1 saturated heterocycles. The van der Waals surface area contributed by atoms with Crippen LogP contribution in [0.15, 0.2) is 60.4 Å². The largest absolute Gasteiger partial charge is 0.378 e. The van der Waals surface area contributed by atoms with E-state index in [4.69, 9.17) is 9.72 Å². The Labute approximate surface area is 189 Å². The predicted octanol–water partition coefficient (Wildman–Crippen LogP) is 1.78. The van der Waals surface area contributed by atoms with Crippen LogP contribution in [-0.2, 0) is 11.3 Å². The molecule has 33 heavy (non-hydrogen) atoms. The highest BCUT2D eigenvalue weighted by atomic mass is 16.5. The zero-order valence-corrected chi connectivity index (χ0v) is 17.7. The molecule has 5 rings (SSSR count). The first-order valence-corrected chi connectivity index (χ1v) is 10.5. The number of hydrogen-bond donors (Lipinski definition) is 1. The number of nitrogens with zero attached hydrogens (tertiary/aromatic N) is 8. The third-order valence-electron chi connectivity index (χ3n) is 5.08. The maximum atomic E-state index is 12.7. The summed E-state index contributed by atoms with van der Waals surface area (Å²) in [5, 5.41) is 4.29. The molecule has 0 bridgehead atoms. The van der Waals surface area contributed by atoms with Gasteiger partial charge in [0.15, 0.2) is 17.0 Å². The van der Waals surface area contributed by atoms with Crippen molar-refractivity contribution in [2.45, 2.75) is 6.54 Å². The summed E-state index contributed by atoms with van der Waals surface area (Å²) in [6.07, 6.45) is 8.24. The number of nitrogens with one attached hydrogen (secondary N) is 1. The molecule has 0 atom stereocenters. The molecular formula is C22H21N9O2. The van der Waals surface area contributed by atoms with Crippen molar-refractivity contribution >= 4 is 34.9 Å². The number of ether oxygens (including phenoxy) is 1. The van der Waals surface area contributed by atoms with E-state index in [2.05, 4.69) is 30.5 Å². The Kier molecular flexibility index (Phi) is 5.93. The van der Waals surface area contributed by atoms with Gasteiger partial charge in [-0.25, -0.2) is 4.98 Å². The van der Waals surface area contributed by atoms with Gasteiger partial charge in [0.05, 0.1) is 32.3 Å². The van der Waals surface area contributed by atoms with Crippen molar-refractivity contribution in [3.05, 3.63) is 66.5 Å². The quantitative estimate of drug-likeness (QED) is 0.259. The number of hydrogen-bond acceptors (Lipinski definition) is 10. The molecule has 166 valence electrons. The lowest BCUT2D eigenvalue weighted by molar-refractivity contribution is 0.0968. The van der Waals surface area contributed by atoms with Gasteiger partial charge < -0.3 is 14.2 Å². The van der Waals surface area contributed by atoms with Gasteiger partial charge in [0.1, 0.15) is 5.69 Å². The fourth-order valence-corrected chi connectivity index (χ4v) is 3.41. The van der Waals surface area contributed by atoms with Crippen molar-refractivity contribution in [3.8, 4) is 0 Å². The fraction of sp³-hybridized carbons (Fsp3) is 0.227. The molecule has 0 amide bonds. The summed E-state index contributed by atoms with van der Waals surface area (Å²) in [5.41, 5.74) is 5.26. The molecule has 0 aromatic carbocycles. The predicted molar refractivity (Wildman–Crippen MR) is 122 cm³/mol. The second-order valence-electron chi connectivity index (χ2n) is 7.31. The lowest BCUT2D eigenvalue weighted by atomic mass is 10.2. The van der Waals surface area contributed by atoms with Crippen molar-refractivity contribution in [3.63, 3.8) is 0 Å². The summed E-state index contributed by atoms with van der Waals surface area (Å²) in [4.78, 5) is 36.8. The van der Waals surface area contributed by atoms with E-state index in [0.717, 1.165) is 5.56 Å². The smallest absolute Gasteiger partial charge is 0.229 e. The Bertz CT molecular complexity index is 1270. The molecule has 4 aromatic rings. The SMILES string of the molecule is O=C(Cn1cnc2c(N/N=C/c3cccnc3)nc(N3CCOCC3)nc21)c1ccccn1. The van der Waals surface area contributed by atoms with Crippen LogP contribution in [-0.4, -0.2) is 67.8 Å². The Morgan fingerprint density at radius 1 is 1.12 bits per heavy atom. The average molecular weight is 443 g/mol. The summed E-state index contributed by atoms with van der Waals surface area (Å²) < 4.78 is 7.15. The van der Waals surface area contributed by atoms with Gasteiger partial charge in [0.25, 0.3) is 0 Å². The van der Waals surface area contributed by atoms with Crippen LogP contribution in [0.2, 0.25) is 0 Å². The highest BCUT2D eigenvalue weighted by molar-refractivity contribution is 5.95. The lowest BCUT2D eigenvalue weighted by Crippen LogP contribution is -2.37. The number of ketones is 1. The highest BCUT2D eigenvalue weighted by Crippen LogP contribution is 2.23. The van der Waals surface area contributed by atoms with Crippen LogP contribution < -0.4 is 10.3 Å². The molecule has 1 aliphatic heterocycles. The van der Waals surface area contributed by atoms with E-state index in [1.807, 2.05) is 17.0 Å². The van der Waals surface area contributed by atoms with Crippen LogP contribution in [0.5, 0.6) is 0 Å². The molecule has 0 spiro atoms. The molecule has 1 fully saturated rings. The number of morpholine rings is 1. The molecule has 0 saturated carbocycles. The van der Waals surface area contributed by atoms with Gasteiger partial charge in [-0.1, -0.05) is 12.1 Å². The van der Waals surface area contributed by atoms with Crippen molar-refractivity contribution in [2.24, 2.45) is 5.10 Å². The lowest BCUT2D eigenvalue weighted by Gasteiger charge is -2.27. The molecule has 11 nitrogen and oxygen atoms in total. The van der Waals surface area contributed by atoms with Gasteiger partial charge in [-0.15, -0.1) is 0 Å². The Morgan fingerprint density at radius 3 is 2.82 bits per heavy atom. The van der Waals surface area contributed by atoms with E-state index in [1.165, 1.54) is 0 Å². The van der Waals surface area contributed by atoms with Gasteiger partial charge >= 0.3 is 0 Å². The van der Waals surface area contributed by atoms with Gasteiger partial charge in [-0.2, -0.15) is 15.1 Å². The topological polar surface area (TPSA) is 123 Å². The number of anilines is 2. The second kappa shape index (κ2) is 9.49. The number of carbonyl (C=O) groups excluding carboxylic acids is 1. The van der Waals surface area contributed by atoms with E-state index < -0.39 is 0 Å². The van der Waals surface area contributed by atoms with Crippen LogP contribution >= 0.6 is 0 Å². The van der Waals surface area contributed by atoms with E-state index in [1.54, 1.807) is 53.9 Å². The number of fused-ring (bicyclic) bond motifs is 1. The highest BCUT2D eigenvalue weighted by Gasteiger charge is 2.20. The van der Waals surface area contributed by atoms with E-state index in [0.29, 0.717) is 54.9 Å². The van der Waals surface area contributed by atoms with E-state index in [-0.39, 0.29) is 12.3 Å². The number of pyridine rings is 2. The number of carbonyl (C=O) groups is 1. The maximum Gasteiger partial charge on any atom is 0.229 e. The van der Waals surface area contributed by atoms with Crippen LogP contribution in [0.4, 0.5) is 11.8 Å². The van der Waals surface area contributed by atoms with Gasteiger partial charge in [0, 0.05) is 37.2 Å². The minimum atomic E-state index is -0.134. The third kappa shape index (κ3) is 4.67. The maximum absolute atomic E-state index is 12.7. The molecule has 0 radical (unpaired) electrons. The Balaban J connectivity index is 1.48. The van der Waals surface area contributed by atoms with E-state index in [9.17, 15) is 4.79 Å². The molecular weight excluding hydrogens is 422 g/mol. The molecule has 11 heteroatoms. The minimum absolute atomic E-state index is 0.0610. The van der Waals surface area contributed by atoms with Gasteiger partial charge in [-0.05, 0) is 18.2 Å². The zero-order chi connectivity index (χ0) is 22.5. The van der Waals surface area contributed by atoms with Crippen molar-refractivity contribution in [1.82, 2.24) is 29.5 Å². The first-order valence-electron chi connectivity index (χ1n) is 10.5. The van der Waals surface area contributed by atoms with Gasteiger partial charge in [0.2, 0.25) is 11.7 Å². The zero-order valence-electron chi connectivity index (χ0n) is 17.7. The molecule has 0 unspecified atom stereocenters. The summed E-state index contributed by atoms with van der Waals surface area (Å²) in [6.45, 7) is 2.60. The first-order chi connectivity index (χ1) is 16.3. The molecule has 0 aliphatic carbocycles. The number of Topliss-reactive ketones (excluding diaryl/α,β-unsaturated/α-hetero) is 1. The van der Waals surface area contributed by atoms with Crippen LogP contribution in [0.3, 0.4) is 0 Å². The fourth-order valence-electron chi connectivity index (χ4n) is 3.41. The van der Waals surface area contributed by atoms with E-state index >= 15 is 0 Å². The second-order valence-corrected chi connectivity index (χ2v) is 7.31. The molecule has 5 heterocycles. The number of imidazole rings is 1. The number of hydrazone groups is 1. The Hall–Kier alpha value is -4.25. The van der Waals surface area contributed by atoms with Gasteiger partial charge in [-0.3, -0.25) is 20.2 Å². The summed E-state index contributed by atoms with van der Waals surface area (Å²) in [5.74, 6) is 0.841. The monoisotopic (exact) mass is 443 g/mol. The summed E-state index contributed by atoms with van der Waals surface area (Å²) in [6, 6.07) is 8.98. The van der Waals surface area contributed by atoms with Crippen molar-refractivity contribution < 1.29 is 9.53 Å². The minimum Gasteiger partial charge on any atom is -0.378 e. The Morgan fingerprint density at radius 2 is 2.03 bits per heavy atom. The molecule has 4 aromatic heterocycles. The normalized spacial score (nSPS) is 14.1.